The summed E-state index contributed by atoms with van der Waals surface area (Å²) in [6, 6.07) is 3.66. The van der Waals surface area contributed by atoms with Crippen molar-refractivity contribution in [3.8, 4) is 0 Å². The van der Waals surface area contributed by atoms with Crippen molar-refractivity contribution in [3.63, 3.8) is 0 Å². The molecular weight excluding hydrogens is 330 g/mol. The summed E-state index contributed by atoms with van der Waals surface area (Å²) >= 11 is 0. The molecular formula is C18H25N7O. The number of amides is 1. The minimum atomic E-state index is -0.325. The molecule has 1 saturated heterocycles. The van der Waals surface area contributed by atoms with E-state index in [0.29, 0.717) is 12.4 Å². The number of nitrogens with zero attached hydrogens (tertiary/aromatic N) is 3. The number of hydrogen-bond acceptors (Lipinski definition) is 6. The normalized spacial score (nSPS) is 23.4. The summed E-state index contributed by atoms with van der Waals surface area (Å²) in [6.07, 6.45) is 11.6. The number of pyridine rings is 1. The number of H-pyrrole nitrogens is 1. The predicted octanol–water partition coefficient (Wildman–Crippen LogP) is 1.87. The van der Waals surface area contributed by atoms with E-state index in [1.54, 1.807) is 12.4 Å². The lowest BCUT2D eigenvalue weighted by molar-refractivity contribution is -0.117. The van der Waals surface area contributed by atoms with E-state index < -0.39 is 0 Å². The van der Waals surface area contributed by atoms with Crippen LogP contribution in [0.15, 0.2) is 24.5 Å². The van der Waals surface area contributed by atoms with Crippen LogP contribution in [0.5, 0.6) is 0 Å². The van der Waals surface area contributed by atoms with Crippen molar-refractivity contribution < 1.29 is 4.79 Å². The van der Waals surface area contributed by atoms with Crippen molar-refractivity contribution in [2.45, 2.75) is 57.0 Å². The van der Waals surface area contributed by atoms with Crippen LogP contribution in [0.2, 0.25) is 0 Å². The zero-order valence-corrected chi connectivity index (χ0v) is 14.7. The Morgan fingerprint density at radius 1 is 1.19 bits per heavy atom. The summed E-state index contributed by atoms with van der Waals surface area (Å²) in [5.41, 5.74) is 7.31. The van der Waals surface area contributed by atoms with Crippen LogP contribution in [0.1, 0.15) is 56.0 Å². The molecule has 0 aromatic carbocycles. The van der Waals surface area contributed by atoms with Gasteiger partial charge in [-0.25, -0.2) is 10.9 Å². The second kappa shape index (κ2) is 7.92. The molecule has 4 N–H and O–H groups in total. The molecule has 1 saturated carbocycles. The third-order valence-corrected chi connectivity index (χ3v) is 5.36. The third kappa shape index (κ3) is 4.08. The number of aromatic amines is 1. The second-order valence-corrected chi connectivity index (χ2v) is 7.19. The Kier molecular flexibility index (Phi) is 5.21. The number of carbonyl (C=O) groups excluding carboxylic acids is 1. The molecule has 0 spiro atoms. The highest BCUT2D eigenvalue weighted by atomic mass is 16.2. The molecule has 0 bridgehead atoms. The van der Waals surface area contributed by atoms with Crippen molar-refractivity contribution in [3.05, 3.63) is 35.9 Å². The maximum Gasteiger partial charge on any atom is 0.248 e. The van der Waals surface area contributed by atoms with Gasteiger partial charge in [0.25, 0.3) is 0 Å². The number of aryl methyl sites for hydroxylation is 1. The summed E-state index contributed by atoms with van der Waals surface area (Å²) in [5, 5.41) is 9.86. The van der Waals surface area contributed by atoms with Crippen molar-refractivity contribution in [1.29, 1.82) is 0 Å². The van der Waals surface area contributed by atoms with E-state index in [1.807, 2.05) is 12.1 Å². The molecule has 2 aromatic heterocycles. The van der Waals surface area contributed by atoms with Gasteiger partial charge in [0.15, 0.2) is 0 Å². The molecule has 1 amide bonds. The van der Waals surface area contributed by atoms with Gasteiger partial charge in [0.1, 0.15) is 11.9 Å². The van der Waals surface area contributed by atoms with Crippen molar-refractivity contribution in [1.82, 2.24) is 31.0 Å². The standard InChI is InChI=1S/C18H25N7O/c26-17(15-11-14(22-23-15)13-7-9-19-10-8-13)21-18-20-16(24-25-18)6-5-12-3-1-2-4-12/h7-10,12,14-15,22-23H,1-6,11H2,(H2,20,21,24,25,26). The zero-order valence-electron chi connectivity index (χ0n) is 14.7. The molecule has 0 radical (unpaired) electrons. The van der Waals surface area contributed by atoms with E-state index >= 15 is 0 Å². The maximum atomic E-state index is 12.4. The Balaban J connectivity index is 1.27. The third-order valence-electron chi connectivity index (χ3n) is 5.36. The fourth-order valence-corrected chi connectivity index (χ4v) is 3.84. The Morgan fingerprint density at radius 3 is 2.81 bits per heavy atom. The minimum absolute atomic E-state index is 0.0860. The molecule has 26 heavy (non-hydrogen) atoms. The number of carbonyl (C=O) groups is 1. The Hall–Kier alpha value is -2.32. The van der Waals surface area contributed by atoms with Gasteiger partial charge in [-0.15, -0.1) is 5.10 Å². The van der Waals surface area contributed by atoms with E-state index in [0.717, 1.165) is 30.1 Å². The van der Waals surface area contributed by atoms with Crippen molar-refractivity contribution >= 4 is 11.9 Å². The van der Waals surface area contributed by atoms with Crippen LogP contribution in [-0.4, -0.2) is 32.1 Å². The summed E-state index contributed by atoms with van der Waals surface area (Å²) in [7, 11) is 0. The van der Waals surface area contributed by atoms with Gasteiger partial charge in [-0.3, -0.25) is 20.2 Å². The largest absolute Gasteiger partial charge is 0.292 e. The van der Waals surface area contributed by atoms with Crippen molar-refractivity contribution in [2.75, 3.05) is 5.32 Å². The Bertz CT molecular complexity index is 726. The van der Waals surface area contributed by atoms with Gasteiger partial charge in [0, 0.05) is 24.9 Å². The fourth-order valence-electron chi connectivity index (χ4n) is 3.84. The molecule has 8 heteroatoms. The van der Waals surface area contributed by atoms with Crippen LogP contribution in [0.25, 0.3) is 0 Å². The molecule has 2 fully saturated rings. The van der Waals surface area contributed by atoms with Gasteiger partial charge in [-0.05, 0) is 36.5 Å². The number of anilines is 1. The number of aromatic nitrogens is 4. The van der Waals surface area contributed by atoms with Crippen LogP contribution >= 0.6 is 0 Å². The van der Waals surface area contributed by atoms with E-state index in [1.165, 1.54) is 25.7 Å². The fraction of sp³-hybridized carbons (Fsp3) is 0.556. The van der Waals surface area contributed by atoms with E-state index in [4.69, 9.17) is 0 Å². The van der Waals surface area contributed by atoms with Gasteiger partial charge in [0.2, 0.25) is 11.9 Å². The maximum absolute atomic E-state index is 12.4. The van der Waals surface area contributed by atoms with E-state index in [2.05, 4.69) is 36.3 Å². The van der Waals surface area contributed by atoms with E-state index in [-0.39, 0.29) is 18.0 Å². The topological polar surface area (TPSA) is 108 Å². The zero-order chi connectivity index (χ0) is 17.8. The quantitative estimate of drug-likeness (QED) is 0.630. The predicted molar refractivity (Wildman–Crippen MR) is 96.9 cm³/mol. The molecule has 8 nitrogen and oxygen atoms in total. The average Bonchev–Trinajstić information content (AvgIpc) is 3.42. The summed E-state index contributed by atoms with van der Waals surface area (Å²) in [6.45, 7) is 0. The number of nitrogens with one attached hydrogen (secondary N) is 4. The molecule has 1 aliphatic carbocycles. The average molecular weight is 355 g/mol. The van der Waals surface area contributed by atoms with Gasteiger partial charge in [-0.1, -0.05) is 25.7 Å². The first kappa shape index (κ1) is 17.1. The molecule has 2 atom stereocenters. The second-order valence-electron chi connectivity index (χ2n) is 7.19. The highest BCUT2D eigenvalue weighted by molar-refractivity contribution is 5.93. The van der Waals surface area contributed by atoms with Crippen LogP contribution in [-0.2, 0) is 11.2 Å². The first-order valence-corrected chi connectivity index (χ1v) is 9.41. The highest BCUT2D eigenvalue weighted by Gasteiger charge is 2.30. The number of rotatable bonds is 6. The first-order valence-electron chi connectivity index (χ1n) is 9.41. The van der Waals surface area contributed by atoms with Gasteiger partial charge < -0.3 is 0 Å². The van der Waals surface area contributed by atoms with Crippen LogP contribution in [0.3, 0.4) is 0 Å². The number of hydrazine groups is 1. The van der Waals surface area contributed by atoms with Gasteiger partial charge in [-0.2, -0.15) is 4.98 Å². The monoisotopic (exact) mass is 355 g/mol. The molecule has 1 aliphatic heterocycles. The van der Waals surface area contributed by atoms with E-state index in [9.17, 15) is 4.79 Å². The first-order chi connectivity index (χ1) is 12.8. The lowest BCUT2D eigenvalue weighted by Crippen LogP contribution is -2.39. The van der Waals surface area contributed by atoms with Crippen molar-refractivity contribution in [2.24, 2.45) is 5.92 Å². The van der Waals surface area contributed by atoms with Gasteiger partial charge in [0.05, 0.1) is 0 Å². The molecule has 2 aromatic rings. The molecule has 4 rings (SSSR count). The summed E-state index contributed by atoms with van der Waals surface area (Å²) in [4.78, 5) is 20.9. The molecule has 2 unspecified atom stereocenters. The summed E-state index contributed by atoms with van der Waals surface area (Å²) < 4.78 is 0. The number of hydrogen-bond donors (Lipinski definition) is 4. The lowest BCUT2D eigenvalue weighted by Gasteiger charge is -2.08. The van der Waals surface area contributed by atoms with Crippen LogP contribution in [0, 0.1) is 5.92 Å². The highest BCUT2D eigenvalue weighted by Crippen LogP contribution is 2.28. The molecule has 138 valence electrons. The Morgan fingerprint density at radius 2 is 2.00 bits per heavy atom. The lowest BCUT2D eigenvalue weighted by atomic mass is 10.0. The smallest absolute Gasteiger partial charge is 0.248 e. The SMILES string of the molecule is O=C(Nc1n[nH]c(CCC2CCCC2)n1)C1CC(c2ccncc2)NN1. The Labute approximate surface area is 152 Å². The molecule has 2 aliphatic rings. The summed E-state index contributed by atoms with van der Waals surface area (Å²) in [5.74, 6) is 1.89. The van der Waals surface area contributed by atoms with Crippen LogP contribution in [0.4, 0.5) is 5.95 Å². The van der Waals surface area contributed by atoms with Crippen LogP contribution < -0.4 is 16.2 Å². The minimum Gasteiger partial charge on any atom is -0.292 e. The van der Waals surface area contributed by atoms with Gasteiger partial charge >= 0.3 is 0 Å². The molecule has 3 heterocycles.